The zero-order valence-electron chi connectivity index (χ0n) is 11.9. The van der Waals surface area contributed by atoms with Crippen molar-refractivity contribution < 1.29 is 9.18 Å². The van der Waals surface area contributed by atoms with Crippen molar-refractivity contribution in [1.29, 1.82) is 0 Å². The number of rotatable bonds is 7. The third kappa shape index (κ3) is 5.65. The molecule has 1 aromatic carbocycles. The molecular weight excluding hydrogens is 275 g/mol. The van der Waals surface area contributed by atoms with Gasteiger partial charge < -0.3 is 10.6 Å². The van der Waals surface area contributed by atoms with Crippen LogP contribution in [-0.2, 0) is 0 Å². The molecule has 1 rings (SSSR count). The maximum absolute atomic E-state index is 13.2. The van der Waals surface area contributed by atoms with Crippen molar-refractivity contribution in [3.8, 4) is 0 Å². The quantitative estimate of drug-likeness (QED) is 0.787. The summed E-state index contributed by atoms with van der Waals surface area (Å²) in [6, 6.07) is 5.74. The Balaban J connectivity index is 2.79. The Hall–Kier alpha value is -1.49. The number of amides is 1. The monoisotopic (exact) mass is 296 g/mol. The fourth-order valence-corrected chi connectivity index (χ4v) is 1.87. The molecule has 0 aliphatic heterocycles. The van der Waals surface area contributed by atoms with Crippen molar-refractivity contribution in [2.75, 3.05) is 13.1 Å². The smallest absolute Gasteiger partial charge is 0.253 e. The van der Waals surface area contributed by atoms with Crippen molar-refractivity contribution in [1.82, 2.24) is 4.90 Å². The van der Waals surface area contributed by atoms with Gasteiger partial charge >= 0.3 is 0 Å². The van der Waals surface area contributed by atoms with Gasteiger partial charge in [0, 0.05) is 25.1 Å². The highest BCUT2D eigenvalue weighted by Gasteiger charge is 2.16. The van der Waals surface area contributed by atoms with Gasteiger partial charge in [0.25, 0.3) is 5.91 Å². The lowest BCUT2D eigenvalue weighted by atomic mass is 10.1. The number of benzene rings is 1. The molecule has 20 heavy (non-hydrogen) atoms. The molecule has 0 aliphatic rings. The molecule has 2 N–H and O–H groups in total. The lowest BCUT2D eigenvalue weighted by Gasteiger charge is -2.23. The van der Waals surface area contributed by atoms with Crippen LogP contribution in [0.4, 0.5) is 4.39 Å². The number of carbonyl (C=O) groups is 1. The van der Waals surface area contributed by atoms with Gasteiger partial charge in [-0.05, 0) is 30.5 Å². The molecule has 0 unspecified atom stereocenters. The fraction of sp³-hybridized carbons (Fsp3) is 0.467. The van der Waals surface area contributed by atoms with Gasteiger partial charge in [0.05, 0.1) is 4.99 Å². The predicted molar refractivity (Wildman–Crippen MR) is 83.2 cm³/mol. The van der Waals surface area contributed by atoms with E-state index in [1.807, 2.05) is 0 Å². The van der Waals surface area contributed by atoms with Gasteiger partial charge in [0.15, 0.2) is 0 Å². The average molecular weight is 296 g/mol. The molecule has 0 bridgehead atoms. The highest BCUT2D eigenvalue weighted by molar-refractivity contribution is 7.80. The minimum atomic E-state index is -0.408. The van der Waals surface area contributed by atoms with Crippen molar-refractivity contribution in [3.63, 3.8) is 0 Å². The molecule has 0 radical (unpaired) electrons. The highest BCUT2D eigenvalue weighted by Crippen LogP contribution is 2.10. The Morgan fingerprint density at radius 1 is 1.40 bits per heavy atom. The van der Waals surface area contributed by atoms with E-state index in [1.54, 1.807) is 11.0 Å². The van der Waals surface area contributed by atoms with E-state index in [9.17, 15) is 9.18 Å². The normalized spacial score (nSPS) is 10.6. The molecule has 5 heteroatoms. The first-order valence-corrected chi connectivity index (χ1v) is 7.14. The SMILES string of the molecule is CC(C)CCN(CCC(N)=S)C(=O)c1cccc(F)c1. The molecule has 0 heterocycles. The van der Waals surface area contributed by atoms with E-state index >= 15 is 0 Å². The molecule has 0 saturated carbocycles. The molecule has 0 aliphatic carbocycles. The number of nitrogens with two attached hydrogens (primary N) is 1. The molecule has 0 saturated heterocycles. The maximum Gasteiger partial charge on any atom is 0.253 e. The Morgan fingerprint density at radius 2 is 2.10 bits per heavy atom. The first-order chi connectivity index (χ1) is 9.40. The summed E-state index contributed by atoms with van der Waals surface area (Å²) in [7, 11) is 0. The molecule has 1 amide bonds. The van der Waals surface area contributed by atoms with Gasteiger partial charge in [-0.3, -0.25) is 4.79 Å². The number of hydrogen-bond donors (Lipinski definition) is 1. The lowest BCUT2D eigenvalue weighted by molar-refractivity contribution is 0.0752. The number of nitrogens with zero attached hydrogens (tertiary/aromatic N) is 1. The van der Waals surface area contributed by atoms with Crippen LogP contribution in [0.1, 0.15) is 37.0 Å². The van der Waals surface area contributed by atoms with Crippen LogP contribution in [0.5, 0.6) is 0 Å². The van der Waals surface area contributed by atoms with Gasteiger partial charge in [-0.1, -0.05) is 32.1 Å². The Bertz CT molecular complexity index is 477. The van der Waals surface area contributed by atoms with E-state index in [0.29, 0.717) is 36.0 Å². The van der Waals surface area contributed by atoms with Crippen LogP contribution in [0.2, 0.25) is 0 Å². The van der Waals surface area contributed by atoms with E-state index in [4.69, 9.17) is 18.0 Å². The summed E-state index contributed by atoms with van der Waals surface area (Å²) in [5.41, 5.74) is 5.85. The van der Waals surface area contributed by atoms with Gasteiger partial charge in [-0.25, -0.2) is 4.39 Å². The highest BCUT2D eigenvalue weighted by atomic mass is 32.1. The van der Waals surface area contributed by atoms with Crippen LogP contribution in [0.25, 0.3) is 0 Å². The maximum atomic E-state index is 13.2. The van der Waals surface area contributed by atoms with Crippen molar-refractivity contribution >= 4 is 23.1 Å². The van der Waals surface area contributed by atoms with Crippen molar-refractivity contribution in [3.05, 3.63) is 35.6 Å². The summed E-state index contributed by atoms with van der Waals surface area (Å²) in [5, 5.41) is 0. The van der Waals surface area contributed by atoms with E-state index in [0.717, 1.165) is 6.42 Å². The van der Waals surface area contributed by atoms with Crippen molar-refractivity contribution in [2.24, 2.45) is 11.7 Å². The number of thiocarbonyl (C=S) groups is 1. The van der Waals surface area contributed by atoms with E-state index in [1.165, 1.54) is 18.2 Å². The van der Waals surface area contributed by atoms with Crippen molar-refractivity contribution in [2.45, 2.75) is 26.7 Å². The Morgan fingerprint density at radius 3 is 2.65 bits per heavy atom. The molecule has 0 aromatic heterocycles. The molecule has 0 atom stereocenters. The van der Waals surface area contributed by atoms with Gasteiger partial charge in [-0.15, -0.1) is 0 Å². The summed E-state index contributed by atoms with van der Waals surface area (Å²) >= 11 is 4.85. The van der Waals surface area contributed by atoms with Gasteiger partial charge in [-0.2, -0.15) is 0 Å². The molecule has 0 spiro atoms. The van der Waals surface area contributed by atoms with E-state index in [2.05, 4.69) is 13.8 Å². The predicted octanol–water partition coefficient (Wildman–Crippen LogP) is 2.99. The third-order valence-electron chi connectivity index (χ3n) is 2.96. The van der Waals surface area contributed by atoms with Crippen LogP contribution in [0.3, 0.4) is 0 Å². The van der Waals surface area contributed by atoms with Crippen LogP contribution in [0.15, 0.2) is 24.3 Å². The van der Waals surface area contributed by atoms with E-state index < -0.39 is 5.82 Å². The summed E-state index contributed by atoms with van der Waals surface area (Å²) in [4.78, 5) is 14.5. The molecule has 110 valence electrons. The summed E-state index contributed by atoms with van der Waals surface area (Å²) < 4.78 is 13.2. The van der Waals surface area contributed by atoms with Crippen LogP contribution in [-0.4, -0.2) is 28.9 Å². The summed E-state index contributed by atoms with van der Waals surface area (Å²) in [6.45, 7) is 5.28. The minimum absolute atomic E-state index is 0.179. The Labute approximate surface area is 125 Å². The molecular formula is C15H21FN2OS. The molecule has 3 nitrogen and oxygen atoms in total. The zero-order valence-corrected chi connectivity index (χ0v) is 12.8. The molecule has 0 fully saturated rings. The van der Waals surface area contributed by atoms with Crippen LogP contribution >= 0.6 is 12.2 Å². The second kappa shape index (κ2) is 7.94. The number of hydrogen-bond acceptors (Lipinski definition) is 2. The third-order valence-corrected chi connectivity index (χ3v) is 3.17. The summed E-state index contributed by atoms with van der Waals surface area (Å²) in [5.74, 6) is -0.0990. The second-order valence-corrected chi connectivity index (χ2v) is 5.73. The zero-order chi connectivity index (χ0) is 15.1. The largest absolute Gasteiger partial charge is 0.393 e. The lowest BCUT2D eigenvalue weighted by Crippen LogP contribution is -2.35. The number of halogens is 1. The standard InChI is InChI=1S/C15H21FN2OS/c1-11(2)6-8-18(9-7-14(17)20)15(19)12-4-3-5-13(16)10-12/h3-5,10-11H,6-9H2,1-2H3,(H2,17,20). The van der Waals surface area contributed by atoms with Gasteiger partial charge in [0.2, 0.25) is 0 Å². The minimum Gasteiger partial charge on any atom is -0.393 e. The second-order valence-electron chi connectivity index (χ2n) is 5.20. The van der Waals surface area contributed by atoms with Crippen LogP contribution in [0, 0.1) is 11.7 Å². The fourth-order valence-electron chi connectivity index (χ4n) is 1.78. The first kappa shape index (κ1) is 16.6. The number of carbonyl (C=O) groups excluding carboxylic acids is 1. The average Bonchev–Trinajstić information content (AvgIpc) is 2.37. The first-order valence-electron chi connectivity index (χ1n) is 6.73. The van der Waals surface area contributed by atoms with Crippen LogP contribution < -0.4 is 5.73 Å². The van der Waals surface area contributed by atoms with Gasteiger partial charge in [0.1, 0.15) is 5.82 Å². The van der Waals surface area contributed by atoms with E-state index in [-0.39, 0.29) is 5.91 Å². The Kier molecular flexibility index (Phi) is 6.58. The topological polar surface area (TPSA) is 46.3 Å². The molecule has 1 aromatic rings. The summed E-state index contributed by atoms with van der Waals surface area (Å²) in [6.07, 6.45) is 1.37.